The summed E-state index contributed by atoms with van der Waals surface area (Å²) in [6.45, 7) is 2.76. The van der Waals surface area contributed by atoms with E-state index in [0.717, 1.165) is 12.4 Å². The number of rotatable bonds is 3. The van der Waals surface area contributed by atoms with Gasteiger partial charge in [-0.3, -0.25) is 4.57 Å². The molecule has 0 aliphatic heterocycles. The molecule has 0 radical (unpaired) electrons. The fourth-order valence-electron chi connectivity index (χ4n) is 0.887. The van der Waals surface area contributed by atoms with Crippen LogP contribution in [0.1, 0.15) is 12.7 Å². The van der Waals surface area contributed by atoms with Crippen molar-refractivity contribution in [3.63, 3.8) is 0 Å². The maximum Gasteiger partial charge on any atom is 0.316 e. The number of nitrogens with zero attached hydrogens (tertiary/aromatic N) is 3. The van der Waals surface area contributed by atoms with Gasteiger partial charge in [-0.2, -0.15) is 0 Å². The van der Waals surface area contributed by atoms with Gasteiger partial charge in [-0.1, -0.05) is 5.10 Å². The van der Waals surface area contributed by atoms with E-state index in [0.29, 0.717) is 11.9 Å². The van der Waals surface area contributed by atoms with E-state index in [-0.39, 0.29) is 0 Å². The second kappa shape index (κ2) is 3.57. The van der Waals surface area contributed by atoms with Crippen LogP contribution in [0.15, 0.2) is 0 Å². The highest BCUT2D eigenvalue weighted by molar-refractivity contribution is 6.16. The first-order valence-electron chi connectivity index (χ1n) is 3.35. The molecule has 0 aliphatic rings. The van der Waals surface area contributed by atoms with Gasteiger partial charge < -0.3 is 4.74 Å². The van der Waals surface area contributed by atoms with Crippen LogP contribution in [-0.2, 0) is 12.4 Å². The predicted molar refractivity (Wildman–Crippen MR) is 41.8 cm³/mol. The SMILES string of the molecule is CCn1c(CCl)nnc1OC. The Balaban J connectivity index is 2.99. The Bertz CT molecular complexity index is 214. The van der Waals surface area contributed by atoms with Gasteiger partial charge in [-0.15, -0.1) is 16.7 Å². The van der Waals surface area contributed by atoms with Crippen molar-refractivity contribution in [3.8, 4) is 6.01 Å². The molecular formula is C6H10ClN3O. The van der Waals surface area contributed by atoms with E-state index in [9.17, 15) is 0 Å². The molecule has 0 fully saturated rings. The largest absolute Gasteiger partial charge is 0.467 e. The van der Waals surface area contributed by atoms with E-state index in [4.69, 9.17) is 16.3 Å². The lowest BCUT2D eigenvalue weighted by Crippen LogP contribution is -2.02. The summed E-state index contributed by atoms with van der Waals surface area (Å²) in [4.78, 5) is 0. The molecule has 1 heterocycles. The summed E-state index contributed by atoms with van der Waals surface area (Å²) in [5.74, 6) is 1.11. The van der Waals surface area contributed by atoms with Crippen LogP contribution in [0.5, 0.6) is 6.01 Å². The van der Waals surface area contributed by atoms with Crippen molar-refractivity contribution in [1.82, 2.24) is 14.8 Å². The number of aromatic nitrogens is 3. The summed E-state index contributed by atoms with van der Waals surface area (Å²) >= 11 is 5.60. The molecule has 0 unspecified atom stereocenters. The Morgan fingerprint density at radius 1 is 1.55 bits per heavy atom. The van der Waals surface area contributed by atoms with Crippen LogP contribution in [0.2, 0.25) is 0 Å². The minimum atomic E-state index is 0.365. The fourth-order valence-corrected chi connectivity index (χ4v) is 1.08. The first-order valence-corrected chi connectivity index (χ1v) is 3.89. The van der Waals surface area contributed by atoms with Crippen molar-refractivity contribution in [2.45, 2.75) is 19.3 Å². The highest BCUT2D eigenvalue weighted by Gasteiger charge is 2.08. The zero-order chi connectivity index (χ0) is 8.27. The van der Waals surface area contributed by atoms with E-state index in [1.54, 1.807) is 7.11 Å². The second-order valence-corrected chi connectivity index (χ2v) is 2.25. The van der Waals surface area contributed by atoms with Crippen LogP contribution < -0.4 is 4.74 Å². The molecule has 0 atom stereocenters. The molecule has 1 aromatic heterocycles. The first-order chi connectivity index (χ1) is 5.33. The number of ether oxygens (including phenoxy) is 1. The van der Waals surface area contributed by atoms with E-state index in [1.165, 1.54) is 0 Å². The molecule has 0 amide bonds. The lowest BCUT2D eigenvalue weighted by atomic mass is 10.6. The maximum atomic E-state index is 5.60. The third-order valence-corrected chi connectivity index (χ3v) is 1.65. The fraction of sp³-hybridized carbons (Fsp3) is 0.667. The molecule has 0 spiro atoms. The lowest BCUT2D eigenvalue weighted by Gasteiger charge is -2.02. The topological polar surface area (TPSA) is 39.9 Å². The van der Waals surface area contributed by atoms with Crippen molar-refractivity contribution < 1.29 is 4.74 Å². The van der Waals surface area contributed by atoms with Crippen LogP contribution in [0.4, 0.5) is 0 Å². The minimum absolute atomic E-state index is 0.365. The van der Waals surface area contributed by atoms with Crippen molar-refractivity contribution in [2.24, 2.45) is 0 Å². The molecule has 0 N–H and O–H groups in total. The van der Waals surface area contributed by atoms with Crippen molar-refractivity contribution in [1.29, 1.82) is 0 Å². The molecule has 1 rings (SSSR count). The van der Waals surface area contributed by atoms with Crippen molar-refractivity contribution in [2.75, 3.05) is 7.11 Å². The molecule has 11 heavy (non-hydrogen) atoms. The summed E-state index contributed by atoms with van der Waals surface area (Å²) in [6, 6.07) is 0.517. The molecule has 4 nitrogen and oxygen atoms in total. The average Bonchev–Trinajstić information content (AvgIpc) is 2.45. The van der Waals surface area contributed by atoms with Crippen LogP contribution in [0.25, 0.3) is 0 Å². The summed E-state index contributed by atoms with van der Waals surface area (Å²) in [5.41, 5.74) is 0. The zero-order valence-corrected chi connectivity index (χ0v) is 7.30. The first kappa shape index (κ1) is 8.33. The lowest BCUT2D eigenvalue weighted by molar-refractivity contribution is 0.356. The summed E-state index contributed by atoms with van der Waals surface area (Å²) in [7, 11) is 1.56. The predicted octanol–water partition coefficient (Wildman–Crippen LogP) is 1.05. The normalized spacial score (nSPS) is 10.1. The Labute approximate surface area is 70.1 Å². The van der Waals surface area contributed by atoms with Gasteiger partial charge in [-0.05, 0) is 6.92 Å². The maximum absolute atomic E-state index is 5.60. The van der Waals surface area contributed by atoms with Crippen LogP contribution in [0.3, 0.4) is 0 Å². The summed E-state index contributed by atoms with van der Waals surface area (Å²) in [6.07, 6.45) is 0. The van der Waals surface area contributed by atoms with Crippen LogP contribution >= 0.6 is 11.6 Å². The smallest absolute Gasteiger partial charge is 0.316 e. The van der Waals surface area contributed by atoms with E-state index < -0.39 is 0 Å². The average molecular weight is 176 g/mol. The van der Waals surface area contributed by atoms with Gasteiger partial charge in [-0.25, -0.2) is 0 Å². The van der Waals surface area contributed by atoms with Gasteiger partial charge in [0.25, 0.3) is 0 Å². The molecule has 0 saturated heterocycles. The quantitative estimate of drug-likeness (QED) is 0.645. The Hall–Kier alpha value is -0.770. The van der Waals surface area contributed by atoms with Crippen molar-refractivity contribution >= 4 is 11.6 Å². The molecule has 1 aromatic rings. The number of methoxy groups -OCH3 is 1. The standard InChI is InChI=1S/C6H10ClN3O/c1-3-10-5(4-7)8-9-6(10)11-2/h3-4H2,1-2H3. The second-order valence-electron chi connectivity index (χ2n) is 1.98. The molecule has 5 heteroatoms. The molecule has 0 aromatic carbocycles. The summed E-state index contributed by atoms with van der Waals surface area (Å²) in [5, 5.41) is 7.61. The monoisotopic (exact) mass is 175 g/mol. The van der Waals surface area contributed by atoms with Crippen LogP contribution in [0, 0.1) is 0 Å². The van der Waals surface area contributed by atoms with Gasteiger partial charge in [0.05, 0.1) is 13.0 Å². The third kappa shape index (κ3) is 1.45. The molecular weight excluding hydrogens is 166 g/mol. The number of hydrogen-bond acceptors (Lipinski definition) is 3. The molecule has 0 aliphatic carbocycles. The van der Waals surface area contributed by atoms with Gasteiger partial charge >= 0.3 is 6.01 Å². The van der Waals surface area contributed by atoms with E-state index in [1.807, 2.05) is 11.5 Å². The van der Waals surface area contributed by atoms with Crippen molar-refractivity contribution in [3.05, 3.63) is 5.82 Å². The highest BCUT2D eigenvalue weighted by Crippen LogP contribution is 2.10. The van der Waals surface area contributed by atoms with Gasteiger partial charge in [0.2, 0.25) is 0 Å². The number of alkyl halides is 1. The molecule has 62 valence electrons. The van der Waals surface area contributed by atoms with Gasteiger partial charge in [0, 0.05) is 6.54 Å². The van der Waals surface area contributed by atoms with E-state index in [2.05, 4.69) is 10.2 Å². The van der Waals surface area contributed by atoms with Crippen LogP contribution in [-0.4, -0.2) is 21.9 Å². The Kier molecular flexibility index (Phi) is 2.70. The van der Waals surface area contributed by atoms with Gasteiger partial charge in [0.15, 0.2) is 5.82 Å². The van der Waals surface area contributed by atoms with E-state index >= 15 is 0 Å². The Morgan fingerprint density at radius 2 is 2.27 bits per heavy atom. The Morgan fingerprint density at radius 3 is 2.73 bits per heavy atom. The minimum Gasteiger partial charge on any atom is -0.467 e. The molecule has 0 saturated carbocycles. The number of hydrogen-bond donors (Lipinski definition) is 0. The zero-order valence-electron chi connectivity index (χ0n) is 6.54. The van der Waals surface area contributed by atoms with Gasteiger partial charge in [0.1, 0.15) is 0 Å². The highest BCUT2D eigenvalue weighted by atomic mass is 35.5. The number of halogens is 1. The summed E-state index contributed by atoms with van der Waals surface area (Å²) < 4.78 is 6.78. The third-order valence-electron chi connectivity index (χ3n) is 1.41. The molecule has 0 bridgehead atoms.